The lowest BCUT2D eigenvalue weighted by molar-refractivity contribution is 0.480. The Morgan fingerprint density at radius 1 is 0.950 bits per heavy atom. The second-order valence-electron chi connectivity index (χ2n) is 4.18. The van der Waals surface area contributed by atoms with E-state index in [0.29, 0.717) is 11.2 Å². The van der Waals surface area contributed by atoms with Crippen LogP contribution in [0, 0.1) is 0 Å². The minimum Gasteiger partial charge on any atom is -0.506 e. The first-order valence-electron chi connectivity index (χ1n) is 5.98. The minimum absolute atomic E-state index is 0.142. The maximum atomic E-state index is 9.77. The van der Waals surface area contributed by atoms with Gasteiger partial charge in [-0.2, -0.15) is 5.11 Å². The molecule has 0 atom stereocenters. The number of rotatable bonds is 2. The number of phenols is 1. The summed E-state index contributed by atoms with van der Waals surface area (Å²) in [5.74, 6) is 0.142. The molecule has 0 spiro atoms. The molecule has 0 radical (unpaired) electrons. The van der Waals surface area contributed by atoms with Gasteiger partial charge in [-0.1, -0.05) is 15.9 Å². The monoisotopic (exact) mass is 327 g/mol. The molecule has 2 aromatic carbocycles. The molecular formula is C15H10BrN3O. The Labute approximate surface area is 123 Å². The summed E-state index contributed by atoms with van der Waals surface area (Å²) < 4.78 is 0.996. The lowest BCUT2D eigenvalue weighted by Gasteiger charge is -2.02. The van der Waals surface area contributed by atoms with E-state index in [4.69, 9.17) is 0 Å². The molecule has 3 rings (SSSR count). The molecule has 0 amide bonds. The van der Waals surface area contributed by atoms with Crippen LogP contribution in [-0.4, -0.2) is 10.1 Å². The standard InChI is InChI=1S/C15H10BrN3O/c16-10-3-5-11(6-4-10)18-19-13-7-8-14(20)15-12(13)2-1-9-17-15/h1-9,20H. The number of pyridine rings is 1. The number of fused-ring (bicyclic) bond motifs is 1. The van der Waals surface area contributed by atoms with Gasteiger partial charge in [0.1, 0.15) is 11.3 Å². The minimum atomic E-state index is 0.142. The van der Waals surface area contributed by atoms with Gasteiger partial charge < -0.3 is 5.11 Å². The molecule has 5 heteroatoms. The summed E-state index contributed by atoms with van der Waals surface area (Å²) in [5.41, 5.74) is 1.96. The molecule has 0 fully saturated rings. The second kappa shape index (κ2) is 5.38. The van der Waals surface area contributed by atoms with Gasteiger partial charge in [-0.05, 0) is 48.5 Å². The Hall–Kier alpha value is -2.27. The van der Waals surface area contributed by atoms with Crippen molar-refractivity contribution in [3.63, 3.8) is 0 Å². The third-order valence-electron chi connectivity index (χ3n) is 2.83. The highest BCUT2D eigenvalue weighted by atomic mass is 79.9. The molecule has 0 aliphatic rings. The van der Waals surface area contributed by atoms with Crippen LogP contribution in [0.3, 0.4) is 0 Å². The van der Waals surface area contributed by atoms with Gasteiger partial charge in [-0.25, -0.2) is 0 Å². The molecule has 0 aliphatic heterocycles. The van der Waals surface area contributed by atoms with E-state index in [-0.39, 0.29) is 5.75 Å². The van der Waals surface area contributed by atoms with Crippen LogP contribution in [0.1, 0.15) is 0 Å². The van der Waals surface area contributed by atoms with Crippen molar-refractivity contribution in [1.82, 2.24) is 4.98 Å². The summed E-state index contributed by atoms with van der Waals surface area (Å²) in [6, 6.07) is 14.5. The van der Waals surface area contributed by atoms with Crippen LogP contribution in [0.15, 0.2) is 69.4 Å². The van der Waals surface area contributed by atoms with Crippen LogP contribution in [0.25, 0.3) is 10.9 Å². The van der Waals surface area contributed by atoms with E-state index in [9.17, 15) is 5.11 Å². The Bertz CT molecular complexity index is 785. The summed E-state index contributed by atoms with van der Waals surface area (Å²) in [5, 5.41) is 19.0. The van der Waals surface area contributed by atoms with Crippen LogP contribution < -0.4 is 0 Å². The van der Waals surface area contributed by atoms with Crippen molar-refractivity contribution < 1.29 is 5.11 Å². The van der Waals surface area contributed by atoms with Crippen LogP contribution >= 0.6 is 15.9 Å². The van der Waals surface area contributed by atoms with Crippen molar-refractivity contribution in [3.05, 3.63) is 59.2 Å². The molecule has 98 valence electrons. The molecule has 1 heterocycles. The van der Waals surface area contributed by atoms with Crippen molar-refractivity contribution in [2.24, 2.45) is 10.2 Å². The molecule has 0 saturated carbocycles. The van der Waals surface area contributed by atoms with Crippen molar-refractivity contribution in [1.29, 1.82) is 0 Å². The van der Waals surface area contributed by atoms with Crippen LogP contribution in [0.2, 0.25) is 0 Å². The summed E-state index contributed by atoms with van der Waals surface area (Å²) in [6.07, 6.45) is 1.64. The zero-order valence-electron chi connectivity index (χ0n) is 10.4. The zero-order valence-corrected chi connectivity index (χ0v) is 11.9. The fraction of sp³-hybridized carbons (Fsp3) is 0. The Morgan fingerprint density at radius 3 is 2.55 bits per heavy atom. The molecule has 0 bridgehead atoms. The Morgan fingerprint density at radius 2 is 1.75 bits per heavy atom. The smallest absolute Gasteiger partial charge is 0.141 e. The van der Waals surface area contributed by atoms with E-state index in [1.165, 1.54) is 0 Å². The van der Waals surface area contributed by atoms with Crippen molar-refractivity contribution in [2.45, 2.75) is 0 Å². The highest BCUT2D eigenvalue weighted by Gasteiger charge is 2.05. The lowest BCUT2D eigenvalue weighted by Crippen LogP contribution is -1.79. The summed E-state index contributed by atoms with van der Waals surface area (Å²) in [6.45, 7) is 0. The molecule has 0 saturated heterocycles. The first-order chi connectivity index (χ1) is 9.74. The fourth-order valence-corrected chi connectivity index (χ4v) is 2.11. The third-order valence-corrected chi connectivity index (χ3v) is 3.35. The van der Waals surface area contributed by atoms with E-state index in [1.807, 2.05) is 30.3 Å². The summed E-state index contributed by atoms with van der Waals surface area (Å²) >= 11 is 3.37. The van der Waals surface area contributed by atoms with E-state index < -0.39 is 0 Å². The Balaban J connectivity index is 2.03. The number of hydrogen-bond acceptors (Lipinski definition) is 4. The maximum Gasteiger partial charge on any atom is 0.141 e. The highest BCUT2D eigenvalue weighted by Crippen LogP contribution is 2.31. The number of hydrogen-bond donors (Lipinski definition) is 1. The predicted molar refractivity (Wildman–Crippen MR) is 81.7 cm³/mol. The van der Waals surface area contributed by atoms with Crippen molar-refractivity contribution >= 4 is 38.2 Å². The Kier molecular flexibility index (Phi) is 3.43. The van der Waals surface area contributed by atoms with Crippen molar-refractivity contribution in [2.75, 3.05) is 0 Å². The molecule has 4 nitrogen and oxygen atoms in total. The number of aromatic hydroxyl groups is 1. The number of benzene rings is 2. The van der Waals surface area contributed by atoms with Gasteiger partial charge in [0.05, 0.1) is 11.4 Å². The van der Waals surface area contributed by atoms with Gasteiger partial charge in [0.2, 0.25) is 0 Å². The summed E-state index contributed by atoms with van der Waals surface area (Å²) in [4.78, 5) is 4.15. The molecule has 1 aromatic heterocycles. The average molecular weight is 328 g/mol. The van der Waals surface area contributed by atoms with E-state index in [2.05, 4.69) is 31.1 Å². The van der Waals surface area contributed by atoms with Gasteiger partial charge in [0, 0.05) is 16.1 Å². The van der Waals surface area contributed by atoms with Gasteiger partial charge in [0.15, 0.2) is 0 Å². The maximum absolute atomic E-state index is 9.77. The first kappa shape index (κ1) is 12.7. The van der Waals surface area contributed by atoms with Gasteiger partial charge >= 0.3 is 0 Å². The zero-order chi connectivity index (χ0) is 13.9. The van der Waals surface area contributed by atoms with E-state index in [1.54, 1.807) is 24.4 Å². The molecule has 1 N–H and O–H groups in total. The normalized spacial score (nSPS) is 11.2. The third kappa shape index (κ3) is 2.53. The number of nitrogens with zero attached hydrogens (tertiary/aromatic N) is 3. The SMILES string of the molecule is Oc1ccc(N=Nc2ccc(Br)cc2)c2cccnc12. The average Bonchev–Trinajstić information content (AvgIpc) is 2.49. The largest absolute Gasteiger partial charge is 0.506 e. The van der Waals surface area contributed by atoms with Crippen LogP contribution in [0.5, 0.6) is 5.75 Å². The van der Waals surface area contributed by atoms with Crippen LogP contribution in [-0.2, 0) is 0 Å². The molecular weight excluding hydrogens is 318 g/mol. The second-order valence-corrected chi connectivity index (χ2v) is 5.10. The molecule has 0 unspecified atom stereocenters. The number of aromatic nitrogens is 1. The van der Waals surface area contributed by atoms with Crippen molar-refractivity contribution in [3.8, 4) is 5.75 Å². The summed E-state index contributed by atoms with van der Waals surface area (Å²) in [7, 11) is 0. The predicted octanol–water partition coefficient (Wildman–Crippen LogP) is 5.12. The number of azo groups is 1. The molecule has 20 heavy (non-hydrogen) atoms. The topological polar surface area (TPSA) is 57.8 Å². The van der Waals surface area contributed by atoms with E-state index >= 15 is 0 Å². The number of phenolic OH excluding ortho intramolecular Hbond substituents is 1. The number of halogens is 1. The highest BCUT2D eigenvalue weighted by molar-refractivity contribution is 9.10. The van der Waals surface area contributed by atoms with Gasteiger partial charge in [-0.3, -0.25) is 4.98 Å². The lowest BCUT2D eigenvalue weighted by atomic mass is 10.2. The van der Waals surface area contributed by atoms with Gasteiger partial charge in [-0.15, -0.1) is 5.11 Å². The van der Waals surface area contributed by atoms with Gasteiger partial charge in [0.25, 0.3) is 0 Å². The van der Waals surface area contributed by atoms with E-state index in [0.717, 1.165) is 15.5 Å². The fourth-order valence-electron chi connectivity index (χ4n) is 1.85. The molecule has 3 aromatic rings. The molecule has 0 aliphatic carbocycles. The first-order valence-corrected chi connectivity index (χ1v) is 6.77. The van der Waals surface area contributed by atoms with Crippen LogP contribution in [0.4, 0.5) is 11.4 Å². The quantitative estimate of drug-likeness (QED) is 0.664.